The molecule has 0 saturated carbocycles. The van der Waals surface area contributed by atoms with E-state index in [-0.39, 0.29) is 12.0 Å². The van der Waals surface area contributed by atoms with Gasteiger partial charge in [0.2, 0.25) is 5.91 Å². The minimum absolute atomic E-state index is 0.170. The van der Waals surface area contributed by atoms with E-state index in [1.807, 2.05) is 11.8 Å². The van der Waals surface area contributed by atoms with Gasteiger partial charge in [0, 0.05) is 25.7 Å². The molecular weight excluding hydrogens is 242 g/mol. The van der Waals surface area contributed by atoms with Crippen molar-refractivity contribution in [2.75, 3.05) is 45.9 Å². The van der Waals surface area contributed by atoms with Gasteiger partial charge in [0.15, 0.2) is 0 Å². The molecule has 2 rings (SSSR count). The Balaban J connectivity index is 1.84. The lowest BCUT2D eigenvalue weighted by molar-refractivity contribution is -0.140. The molecule has 2 unspecified atom stereocenters. The van der Waals surface area contributed by atoms with E-state index in [4.69, 9.17) is 4.74 Å². The van der Waals surface area contributed by atoms with E-state index in [1.54, 1.807) is 0 Å². The maximum absolute atomic E-state index is 12.4. The molecule has 0 aromatic rings. The smallest absolute Gasteiger partial charge is 0.236 e. The lowest BCUT2D eigenvalue weighted by Crippen LogP contribution is -2.52. The molecule has 0 bridgehead atoms. The van der Waals surface area contributed by atoms with Crippen molar-refractivity contribution in [2.45, 2.75) is 38.8 Å². The molecule has 2 saturated heterocycles. The number of hydrogen-bond donors (Lipinski definition) is 1. The van der Waals surface area contributed by atoms with Crippen LogP contribution in [0.4, 0.5) is 0 Å². The Morgan fingerprint density at radius 2 is 2.37 bits per heavy atom. The van der Waals surface area contributed by atoms with Crippen LogP contribution in [0.25, 0.3) is 0 Å². The Labute approximate surface area is 116 Å². The van der Waals surface area contributed by atoms with E-state index in [0.717, 1.165) is 32.7 Å². The number of ether oxygens (including phenoxy) is 1. The molecule has 110 valence electrons. The minimum Gasteiger partial charge on any atom is -0.375 e. The molecule has 2 heterocycles. The van der Waals surface area contributed by atoms with Crippen molar-refractivity contribution in [2.24, 2.45) is 0 Å². The fourth-order valence-corrected chi connectivity index (χ4v) is 2.96. The number of piperidine rings is 1. The summed E-state index contributed by atoms with van der Waals surface area (Å²) < 4.78 is 5.49. The molecule has 1 amide bonds. The molecule has 0 aliphatic carbocycles. The molecule has 2 aliphatic heterocycles. The molecule has 0 spiro atoms. The second kappa shape index (κ2) is 7.22. The predicted octanol–water partition coefficient (Wildman–Crippen LogP) is 0.308. The van der Waals surface area contributed by atoms with Gasteiger partial charge in [-0.05, 0) is 32.9 Å². The third kappa shape index (κ3) is 4.16. The van der Waals surface area contributed by atoms with Gasteiger partial charge in [-0.3, -0.25) is 9.69 Å². The maximum atomic E-state index is 12.4. The van der Waals surface area contributed by atoms with E-state index >= 15 is 0 Å². The van der Waals surface area contributed by atoms with Crippen LogP contribution in [-0.2, 0) is 9.53 Å². The van der Waals surface area contributed by atoms with Gasteiger partial charge in [-0.25, -0.2) is 0 Å². The highest BCUT2D eigenvalue weighted by Gasteiger charge is 2.26. The zero-order valence-electron chi connectivity index (χ0n) is 12.2. The van der Waals surface area contributed by atoms with Crippen LogP contribution in [0.2, 0.25) is 0 Å². The van der Waals surface area contributed by atoms with Gasteiger partial charge in [0.05, 0.1) is 19.3 Å². The van der Waals surface area contributed by atoms with Crippen LogP contribution in [0, 0.1) is 0 Å². The Bertz CT molecular complexity index is 292. The first-order valence-corrected chi connectivity index (χ1v) is 7.55. The predicted molar refractivity (Wildman–Crippen MR) is 75.1 cm³/mol. The van der Waals surface area contributed by atoms with Crippen molar-refractivity contribution >= 4 is 5.91 Å². The molecule has 2 fully saturated rings. The molecule has 5 heteroatoms. The number of carbonyl (C=O) groups is 1. The molecule has 0 aromatic heterocycles. The zero-order chi connectivity index (χ0) is 13.7. The summed E-state index contributed by atoms with van der Waals surface area (Å²) in [6.07, 6.45) is 2.58. The summed E-state index contributed by atoms with van der Waals surface area (Å²) in [4.78, 5) is 16.6. The standard InChI is InChI=1S/C14H27N3O2/c1-3-16(13-5-4-6-15-9-13)11-14(18)17-7-8-19-12(2)10-17/h12-13,15H,3-11H2,1-2H3. The maximum Gasteiger partial charge on any atom is 0.236 e. The number of nitrogens with one attached hydrogen (secondary N) is 1. The SMILES string of the molecule is CCN(CC(=O)N1CCOC(C)C1)C1CCCNC1. The minimum atomic E-state index is 0.170. The van der Waals surface area contributed by atoms with Gasteiger partial charge >= 0.3 is 0 Å². The van der Waals surface area contributed by atoms with Crippen LogP contribution in [0.1, 0.15) is 26.7 Å². The molecular formula is C14H27N3O2. The summed E-state index contributed by atoms with van der Waals surface area (Å²) in [6, 6.07) is 0.515. The van der Waals surface area contributed by atoms with Crippen LogP contribution in [0.15, 0.2) is 0 Å². The Morgan fingerprint density at radius 1 is 1.53 bits per heavy atom. The number of hydrogen-bond acceptors (Lipinski definition) is 4. The molecule has 5 nitrogen and oxygen atoms in total. The first kappa shape index (κ1) is 14.8. The summed E-state index contributed by atoms with van der Waals surface area (Å²) in [7, 11) is 0. The largest absolute Gasteiger partial charge is 0.375 e. The van der Waals surface area contributed by atoms with Gasteiger partial charge in [0.25, 0.3) is 0 Å². The second-order valence-electron chi connectivity index (χ2n) is 5.58. The van der Waals surface area contributed by atoms with Gasteiger partial charge in [0.1, 0.15) is 0 Å². The zero-order valence-corrected chi connectivity index (χ0v) is 12.2. The molecule has 0 radical (unpaired) electrons. The van der Waals surface area contributed by atoms with Crippen LogP contribution in [-0.4, -0.2) is 73.7 Å². The fraction of sp³-hybridized carbons (Fsp3) is 0.929. The second-order valence-corrected chi connectivity index (χ2v) is 5.58. The van der Waals surface area contributed by atoms with Crippen molar-refractivity contribution in [1.82, 2.24) is 15.1 Å². The third-order valence-corrected chi connectivity index (χ3v) is 4.13. The highest BCUT2D eigenvalue weighted by molar-refractivity contribution is 5.78. The molecule has 2 atom stereocenters. The lowest BCUT2D eigenvalue weighted by atomic mass is 10.1. The summed E-state index contributed by atoms with van der Waals surface area (Å²) in [6.45, 7) is 9.94. The Kier molecular flexibility index (Phi) is 5.60. The lowest BCUT2D eigenvalue weighted by Gasteiger charge is -2.36. The Hall–Kier alpha value is -0.650. The highest BCUT2D eigenvalue weighted by atomic mass is 16.5. The summed E-state index contributed by atoms with van der Waals surface area (Å²) in [5.74, 6) is 0.252. The van der Waals surface area contributed by atoms with E-state index in [0.29, 0.717) is 19.2 Å². The fourth-order valence-electron chi connectivity index (χ4n) is 2.96. The van der Waals surface area contributed by atoms with Crippen molar-refractivity contribution in [3.05, 3.63) is 0 Å². The third-order valence-electron chi connectivity index (χ3n) is 4.13. The highest BCUT2D eigenvalue weighted by Crippen LogP contribution is 2.11. The van der Waals surface area contributed by atoms with Crippen molar-refractivity contribution in [1.29, 1.82) is 0 Å². The van der Waals surface area contributed by atoms with Crippen molar-refractivity contribution < 1.29 is 9.53 Å². The molecule has 2 aliphatic rings. The van der Waals surface area contributed by atoms with Gasteiger partial charge < -0.3 is 15.0 Å². The Morgan fingerprint density at radius 3 is 3.00 bits per heavy atom. The van der Waals surface area contributed by atoms with E-state index in [9.17, 15) is 4.79 Å². The van der Waals surface area contributed by atoms with Gasteiger partial charge in [-0.15, -0.1) is 0 Å². The summed E-state index contributed by atoms with van der Waals surface area (Å²) >= 11 is 0. The van der Waals surface area contributed by atoms with Gasteiger partial charge in [-0.1, -0.05) is 6.92 Å². The monoisotopic (exact) mass is 269 g/mol. The summed E-state index contributed by atoms with van der Waals surface area (Å²) in [5, 5.41) is 3.42. The van der Waals surface area contributed by atoms with Crippen LogP contribution in [0.5, 0.6) is 0 Å². The topological polar surface area (TPSA) is 44.8 Å². The molecule has 1 N–H and O–H groups in total. The number of carbonyl (C=O) groups excluding carboxylic acids is 1. The number of amides is 1. The number of morpholine rings is 1. The van der Waals surface area contributed by atoms with Crippen LogP contribution >= 0.6 is 0 Å². The van der Waals surface area contributed by atoms with E-state index < -0.39 is 0 Å². The number of likely N-dealkylation sites (N-methyl/N-ethyl adjacent to an activating group) is 1. The molecule has 19 heavy (non-hydrogen) atoms. The number of nitrogens with zero attached hydrogens (tertiary/aromatic N) is 2. The van der Waals surface area contributed by atoms with Crippen LogP contribution < -0.4 is 5.32 Å². The van der Waals surface area contributed by atoms with E-state index in [1.165, 1.54) is 12.8 Å². The quantitative estimate of drug-likeness (QED) is 0.798. The normalized spacial score (nSPS) is 28.7. The van der Waals surface area contributed by atoms with Crippen LogP contribution in [0.3, 0.4) is 0 Å². The van der Waals surface area contributed by atoms with Gasteiger partial charge in [-0.2, -0.15) is 0 Å². The first-order valence-electron chi connectivity index (χ1n) is 7.55. The van der Waals surface area contributed by atoms with E-state index in [2.05, 4.69) is 17.1 Å². The molecule has 0 aromatic carbocycles. The number of rotatable bonds is 4. The van der Waals surface area contributed by atoms with Crippen molar-refractivity contribution in [3.63, 3.8) is 0 Å². The average molecular weight is 269 g/mol. The summed E-state index contributed by atoms with van der Waals surface area (Å²) in [5.41, 5.74) is 0. The first-order chi connectivity index (χ1) is 9.20. The average Bonchev–Trinajstić information content (AvgIpc) is 2.45. The van der Waals surface area contributed by atoms with Crippen molar-refractivity contribution in [3.8, 4) is 0 Å².